The maximum Gasteiger partial charge on any atom is 0.331 e. The first-order valence-corrected chi connectivity index (χ1v) is 9.48. The lowest BCUT2D eigenvalue weighted by atomic mass is 9.60. The van der Waals surface area contributed by atoms with Gasteiger partial charge in [-0.15, -0.1) is 0 Å². The Kier molecular flexibility index (Phi) is 5.64. The molecular weight excluding hydrogens is 326 g/mol. The molecule has 1 saturated heterocycles. The van der Waals surface area contributed by atoms with Gasteiger partial charge in [-0.1, -0.05) is 55.0 Å². The lowest BCUT2D eigenvalue weighted by Crippen LogP contribution is -2.39. The monoisotopic (exact) mass is 355 g/mol. The van der Waals surface area contributed by atoms with Crippen molar-refractivity contribution in [3.05, 3.63) is 59.2 Å². The van der Waals surface area contributed by atoms with E-state index < -0.39 is 5.97 Å². The molecule has 0 radical (unpaired) electrons. The molecule has 4 nitrogen and oxygen atoms in total. The van der Waals surface area contributed by atoms with E-state index in [0.29, 0.717) is 12.0 Å². The van der Waals surface area contributed by atoms with Gasteiger partial charge < -0.3 is 10.2 Å². The van der Waals surface area contributed by atoms with E-state index in [-0.39, 0.29) is 23.9 Å². The van der Waals surface area contributed by atoms with Crippen molar-refractivity contribution in [2.24, 2.45) is 17.3 Å². The van der Waals surface area contributed by atoms with E-state index >= 15 is 0 Å². The van der Waals surface area contributed by atoms with Crippen LogP contribution in [0.3, 0.4) is 0 Å². The van der Waals surface area contributed by atoms with E-state index in [4.69, 9.17) is 0 Å². The third kappa shape index (κ3) is 3.49. The Bertz CT molecular complexity index is 709. The van der Waals surface area contributed by atoms with Gasteiger partial charge in [-0.2, -0.15) is 0 Å². The van der Waals surface area contributed by atoms with Gasteiger partial charge in [0, 0.05) is 31.8 Å². The molecule has 1 aromatic carbocycles. The minimum Gasteiger partial charge on any atom is -0.478 e. The summed E-state index contributed by atoms with van der Waals surface area (Å²) in [6, 6.07) is 10.4. The van der Waals surface area contributed by atoms with Gasteiger partial charge in [0.25, 0.3) is 0 Å². The highest BCUT2D eigenvalue weighted by Crippen LogP contribution is 2.51. The van der Waals surface area contributed by atoms with Gasteiger partial charge in [-0.25, -0.2) is 4.79 Å². The van der Waals surface area contributed by atoms with Crippen molar-refractivity contribution in [1.29, 1.82) is 0 Å². The highest BCUT2D eigenvalue weighted by Gasteiger charge is 2.48. The van der Waals surface area contributed by atoms with Crippen molar-refractivity contribution in [1.82, 2.24) is 4.90 Å². The SMILES string of the molecule is CCC1([C@@H]2CN(Cc3ccccc3)C[C@H]2CO)CC(C(=O)O)=CC=C1C. The van der Waals surface area contributed by atoms with Gasteiger partial charge >= 0.3 is 5.97 Å². The Morgan fingerprint density at radius 3 is 2.58 bits per heavy atom. The molecule has 0 amide bonds. The number of nitrogens with zero attached hydrogens (tertiary/aromatic N) is 1. The molecule has 1 unspecified atom stereocenters. The zero-order valence-corrected chi connectivity index (χ0v) is 15.7. The summed E-state index contributed by atoms with van der Waals surface area (Å²) in [5, 5.41) is 19.6. The van der Waals surface area contributed by atoms with Gasteiger partial charge in [0.15, 0.2) is 0 Å². The molecular formula is C22H29NO3. The first-order chi connectivity index (χ1) is 12.5. The summed E-state index contributed by atoms with van der Waals surface area (Å²) in [6.45, 7) is 7.04. The van der Waals surface area contributed by atoms with Gasteiger partial charge in [-0.05, 0) is 42.6 Å². The molecule has 26 heavy (non-hydrogen) atoms. The minimum absolute atomic E-state index is 0.150. The largest absolute Gasteiger partial charge is 0.478 e. The van der Waals surface area contributed by atoms with E-state index in [1.54, 1.807) is 6.08 Å². The van der Waals surface area contributed by atoms with Gasteiger partial charge in [0.1, 0.15) is 0 Å². The molecule has 1 fully saturated rings. The maximum absolute atomic E-state index is 11.6. The average Bonchev–Trinajstić information content (AvgIpc) is 3.06. The van der Waals surface area contributed by atoms with Crippen LogP contribution in [-0.4, -0.2) is 40.8 Å². The third-order valence-electron chi connectivity index (χ3n) is 6.44. The number of hydrogen-bond acceptors (Lipinski definition) is 3. The Balaban J connectivity index is 1.84. The number of aliphatic hydroxyl groups is 1. The van der Waals surface area contributed by atoms with Crippen LogP contribution in [-0.2, 0) is 11.3 Å². The molecule has 2 aliphatic rings. The van der Waals surface area contributed by atoms with Gasteiger partial charge in [0.2, 0.25) is 0 Å². The van der Waals surface area contributed by atoms with E-state index in [0.717, 1.165) is 26.1 Å². The molecule has 3 rings (SSSR count). The van der Waals surface area contributed by atoms with E-state index in [2.05, 4.69) is 43.0 Å². The number of carbonyl (C=O) groups is 1. The van der Waals surface area contributed by atoms with Crippen LogP contribution in [0.1, 0.15) is 32.3 Å². The quantitative estimate of drug-likeness (QED) is 0.820. The normalized spacial score (nSPS) is 29.3. The van der Waals surface area contributed by atoms with Crippen LogP contribution in [0.2, 0.25) is 0 Å². The van der Waals surface area contributed by atoms with Crippen LogP contribution in [0.25, 0.3) is 0 Å². The highest BCUT2D eigenvalue weighted by atomic mass is 16.4. The number of benzene rings is 1. The number of likely N-dealkylation sites (tertiary alicyclic amines) is 1. The second-order valence-electron chi connectivity index (χ2n) is 7.76. The number of rotatable bonds is 6. The fourth-order valence-corrected chi connectivity index (χ4v) is 4.91. The molecule has 0 saturated carbocycles. The summed E-state index contributed by atoms with van der Waals surface area (Å²) in [5.41, 5.74) is 2.82. The van der Waals surface area contributed by atoms with Crippen LogP contribution < -0.4 is 0 Å². The lowest BCUT2D eigenvalue weighted by molar-refractivity contribution is -0.133. The molecule has 2 N–H and O–H groups in total. The molecule has 1 aliphatic carbocycles. The Hall–Kier alpha value is -1.91. The summed E-state index contributed by atoms with van der Waals surface area (Å²) in [7, 11) is 0. The molecule has 1 aliphatic heterocycles. The van der Waals surface area contributed by atoms with Crippen LogP contribution in [0.4, 0.5) is 0 Å². The van der Waals surface area contributed by atoms with E-state index in [1.165, 1.54) is 11.1 Å². The highest BCUT2D eigenvalue weighted by molar-refractivity contribution is 5.87. The number of aliphatic carboxylic acids is 1. The fraction of sp³-hybridized carbons (Fsp3) is 0.500. The van der Waals surface area contributed by atoms with Crippen LogP contribution >= 0.6 is 0 Å². The Morgan fingerprint density at radius 2 is 1.96 bits per heavy atom. The molecule has 0 bridgehead atoms. The number of allylic oxidation sites excluding steroid dienone is 3. The summed E-state index contributed by atoms with van der Waals surface area (Å²) >= 11 is 0. The molecule has 0 aromatic heterocycles. The molecule has 4 heteroatoms. The van der Waals surface area contributed by atoms with Crippen molar-refractivity contribution < 1.29 is 15.0 Å². The van der Waals surface area contributed by atoms with Crippen molar-refractivity contribution in [2.75, 3.05) is 19.7 Å². The molecule has 0 spiro atoms. The average molecular weight is 355 g/mol. The summed E-state index contributed by atoms with van der Waals surface area (Å²) < 4.78 is 0. The van der Waals surface area contributed by atoms with Gasteiger partial charge in [0.05, 0.1) is 0 Å². The standard InChI is InChI=1S/C22H29NO3/c1-3-22(11-18(21(25)26)10-9-16(22)2)20-14-23(13-19(20)15-24)12-17-7-5-4-6-8-17/h4-10,19-20,24H,3,11-15H2,1-2H3,(H,25,26)/t19-,20+,22?/m0/s1. The molecule has 3 atom stereocenters. The Labute approximate surface area is 155 Å². The maximum atomic E-state index is 11.6. The van der Waals surface area contributed by atoms with Crippen LogP contribution in [0.5, 0.6) is 0 Å². The van der Waals surface area contributed by atoms with Crippen molar-refractivity contribution in [3.8, 4) is 0 Å². The second kappa shape index (κ2) is 7.77. The van der Waals surface area contributed by atoms with E-state index in [9.17, 15) is 15.0 Å². The molecule has 1 heterocycles. The van der Waals surface area contributed by atoms with Crippen molar-refractivity contribution in [3.63, 3.8) is 0 Å². The molecule has 1 aromatic rings. The van der Waals surface area contributed by atoms with Crippen molar-refractivity contribution >= 4 is 5.97 Å². The number of carboxylic acids is 1. The number of hydrogen-bond donors (Lipinski definition) is 2. The van der Waals surface area contributed by atoms with E-state index in [1.807, 2.05) is 12.1 Å². The zero-order chi connectivity index (χ0) is 18.7. The summed E-state index contributed by atoms with van der Waals surface area (Å²) in [4.78, 5) is 14.0. The first-order valence-electron chi connectivity index (χ1n) is 9.48. The zero-order valence-electron chi connectivity index (χ0n) is 15.7. The van der Waals surface area contributed by atoms with Crippen LogP contribution in [0, 0.1) is 17.3 Å². The lowest BCUT2D eigenvalue weighted by Gasteiger charge is -2.43. The predicted molar refractivity (Wildman–Crippen MR) is 103 cm³/mol. The number of aliphatic hydroxyl groups excluding tert-OH is 1. The third-order valence-corrected chi connectivity index (χ3v) is 6.44. The minimum atomic E-state index is -0.828. The molecule has 140 valence electrons. The summed E-state index contributed by atoms with van der Waals surface area (Å²) in [6.07, 6.45) is 5.17. The fourth-order valence-electron chi connectivity index (χ4n) is 4.91. The second-order valence-corrected chi connectivity index (χ2v) is 7.76. The first kappa shape index (κ1) is 18.9. The predicted octanol–water partition coefficient (Wildman–Crippen LogP) is 3.48. The van der Waals surface area contributed by atoms with Gasteiger partial charge in [-0.3, -0.25) is 4.90 Å². The Morgan fingerprint density at radius 1 is 1.23 bits per heavy atom. The van der Waals surface area contributed by atoms with Crippen LogP contribution in [0.15, 0.2) is 53.6 Å². The topological polar surface area (TPSA) is 60.8 Å². The summed E-state index contributed by atoms with van der Waals surface area (Å²) in [5.74, 6) is -0.387. The van der Waals surface area contributed by atoms with Crippen molar-refractivity contribution in [2.45, 2.75) is 33.2 Å². The number of carboxylic acid groups (broad SMARTS) is 1. The smallest absolute Gasteiger partial charge is 0.331 e.